The molecule has 226 valence electrons. The van der Waals surface area contributed by atoms with E-state index in [1.54, 1.807) is 6.92 Å². The minimum atomic E-state index is -0.784. The molecule has 2 N–H and O–H groups in total. The summed E-state index contributed by atoms with van der Waals surface area (Å²) in [6, 6.07) is -0.663. The third-order valence-electron chi connectivity index (χ3n) is 11.4. The number of ketones is 1. The SMILES string of the molecule is Cc1cn([C@H]2C[C@H](N=[N+]=[N-])[C@@H](COC(=O)C3CCC4C5CCC6=CC(=O)CCC6(C)C5C(O)CC34C)O2)c(=O)[nH]c1=O. The van der Waals surface area contributed by atoms with Crippen LogP contribution in [0.5, 0.6) is 0 Å². The first-order valence-corrected chi connectivity index (χ1v) is 15.1. The second-order valence-electron chi connectivity index (χ2n) is 13.5. The number of aromatic amines is 1. The largest absolute Gasteiger partial charge is 0.463 e. The highest BCUT2D eigenvalue weighted by Crippen LogP contribution is 2.66. The summed E-state index contributed by atoms with van der Waals surface area (Å²) in [5, 5.41) is 15.4. The van der Waals surface area contributed by atoms with Gasteiger partial charge in [-0.1, -0.05) is 24.5 Å². The van der Waals surface area contributed by atoms with E-state index in [1.807, 2.05) is 6.08 Å². The third-order valence-corrected chi connectivity index (χ3v) is 11.4. The lowest BCUT2D eigenvalue weighted by molar-refractivity contribution is -0.167. The lowest BCUT2D eigenvalue weighted by Crippen LogP contribution is -2.57. The fourth-order valence-corrected chi connectivity index (χ4v) is 9.36. The second-order valence-corrected chi connectivity index (χ2v) is 13.5. The van der Waals surface area contributed by atoms with Crippen LogP contribution < -0.4 is 11.2 Å². The lowest BCUT2D eigenvalue weighted by Gasteiger charge is -2.59. The Bertz CT molecular complexity index is 1490. The molecule has 2 heterocycles. The monoisotopic (exact) mass is 581 g/mol. The van der Waals surface area contributed by atoms with Gasteiger partial charge in [0.15, 0.2) is 5.78 Å². The van der Waals surface area contributed by atoms with Gasteiger partial charge in [0.25, 0.3) is 5.56 Å². The molecule has 0 aromatic carbocycles. The molecular formula is C30H39N5O7. The third kappa shape index (κ3) is 4.55. The number of fused-ring (bicyclic) bond motifs is 5. The van der Waals surface area contributed by atoms with Gasteiger partial charge in [-0.2, -0.15) is 0 Å². The molecule has 1 aromatic rings. The summed E-state index contributed by atoms with van der Waals surface area (Å²) in [5.41, 5.74) is 8.91. The number of nitrogens with zero attached hydrogens (tertiary/aromatic N) is 4. The van der Waals surface area contributed by atoms with E-state index in [0.29, 0.717) is 24.8 Å². The molecule has 4 fully saturated rings. The molecule has 7 unspecified atom stereocenters. The summed E-state index contributed by atoms with van der Waals surface area (Å²) in [6.07, 6.45) is 6.43. The van der Waals surface area contributed by atoms with Crippen molar-refractivity contribution in [1.82, 2.24) is 9.55 Å². The van der Waals surface area contributed by atoms with E-state index in [9.17, 15) is 24.3 Å². The molecule has 1 aromatic heterocycles. The maximum Gasteiger partial charge on any atom is 0.330 e. The first-order chi connectivity index (χ1) is 20.0. The number of carbonyl (C=O) groups excluding carboxylic acids is 2. The van der Waals surface area contributed by atoms with Gasteiger partial charge in [-0.15, -0.1) is 0 Å². The Labute approximate surface area is 243 Å². The molecule has 6 rings (SSSR count). The minimum Gasteiger partial charge on any atom is -0.463 e. The molecule has 0 amide bonds. The average molecular weight is 582 g/mol. The van der Waals surface area contributed by atoms with Crippen molar-refractivity contribution in [2.24, 2.45) is 39.6 Å². The van der Waals surface area contributed by atoms with Gasteiger partial charge in [-0.3, -0.25) is 23.9 Å². The number of ether oxygens (including phenoxy) is 2. The number of esters is 1. The molecule has 42 heavy (non-hydrogen) atoms. The van der Waals surface area contributed by atoms with Crippen LogP contribution in [0.2, 0.25) is 0 Å². The Kier molecular flexibility index (Phi) is 7.22. The molecule has 3 saturated carbocycles. The van der Waals surface area contributed by atoms with Crippen LogP contribution >= 0.6 is 0 Å². The smallest absolute Gasteiger partial charge is 0.330 e. The number of azide groups is 1. The van der Waals surface area contributed by atoms with Gasteiger partial charge in [0.2, 0.25) is 0 Å². The van der Waals surface area contributed by atoms with E-state index in [2.05, 4.69) is 28.9 Å². The summed E-state index contributed by atoms with van der Waals surface area (Å²) in [7, 11) is 0. The van der Waals surface area contributed by atoms with Crippen molar-refractivity contribution in [3.05, 3.63) is 54.7 Å². The van der Waals surface area contributed by atoms with Crippen LogP contribution in [0.3, 0.4) is 0 Å². The van der Waals surface area contributed by atoms with Gasteiger partial charge < -0.3 is 14.6 Å². The second kappa shape index (κ2) is 10.5. The minimum absolute atomic E-state index is 0.0758. The van der Waals surface area contributed by atoms with E-state index < -0.39 is 41.1 Å². The first-order valence-electron chi connectivity index (χ1n) is 15.1. The lowest BCUT2D eigenvalue weighted by atomic mass is 9.46. The van der Waals surface area contributed by atoms with Gasteiger partial charge in [-0.05, 0) is 85.6 Å². The van der Waals surface area contributed by atoms with Gasteiger partial charge in [0.1, 0.15) is 18.9 Å². The van der Waals surface area contributed by atoms with E-state index in [0.717, 1.165) is 25.7 Å². The summed E-state index contributed by atoms with van der Waals surface area (Å²) >= 11 is 0. The number of aliphatic hydroxyl groups excluding tert-OH is 1. The fraction of sp³-hybridized carbons (Fsp3) is 0.733. The number of aliphatic hydroxyl groups is 1. The number of hydrogen-bond donors (Lipinski definition) is 2. The van der Waals surface area contributed by atoms with E-state index >= 15 is 0 Å². The Morgan fingerprint density at radius 1 is 1.26 bits per heavy atom. The Balaban J connectivity index is 1.16. The van der Waals surface area contributed by atoms with E-state index in [-0.39, 0.29) is 53.9 Å². The topological polar surface area (TPSA) is 176 Å². The van der Waals surface area contributed by atoms with Gasteiger partial charge >= 0.3 is 11.7 Å². The molecule has 0 spiro atoms. The fourth-order valence-electron chi connectivity index (χ4n) is 9.36. The zero-order chi connectivity index (χ0) is 30.0. The van der Waals surface area contributed by atoms with Crippen LogP contribution in [0.4, 0.5) is 0 Å². The van der Waals surface area contributed by atoms with Crippen LogP contribution in [0.15, 0.2) is 32.5 Å². The molecule has 12 nitrogen and oxygen atoms in total. The quantitative estimate of drug-likeness (QED) is 0.231. The van der Waals surface area contributed by atoms with Gasteiger partial charge in [-0.25, -0.2) is 4.79 Å². The number of H-pyrrole nitrogens is 1. The Morgan fingerprint density at radius 3 is 2.81 bits per heavy atom. The van der Waals surface area contributed by atoms with E-state index in [1.165, 1.54) is 16.3 Å². The number of hydrogen-bond acceptors (Lipinski definition) is 8. The van der Waals surface area contributed by atoms with Crippen LogP contribution in [0.1, 0.15) is 77.0 Å². The number of aromatic nitrogens is 2. The standard InChI is InChI=1S/C30H39N5O7/c1-15-13-35(28(40)32-26(15)38)24-11-21(33-34-31)23(42-24)14-41-27(39)20-7-6-19-18-5-4-16-10-17(36)8-9-29(16,2)25(18)22(37)12-30(19,20)3/h10,13,18-25,37H,4-9,11-12,14H2,1-3H3,(H,32,38,40)/t18?,19?,20?,21-,22?,23+,24+,25?,29?,30?/m0/s1. The zero-order valence-electron chi connectivity index (χ0n) is 24.3. The summed E-state index contributed by atoms with van der Waals surface area (Å²) in [4.78, 5) is 55.1. The van der Waals surface area contributed by atoms with Crippen molar-refractivity contribution in [3.63, 3.8) is 0 Å². The highest BCUT2D eigenvalue weighted by Gasteiger charge is 2.63. The average Bonchev–Trinajstić information content (AvgIpc) is 3.50. The van der Waals surface area contributed by atoms with Crippen molar-refractivity contribution in [2.75, 3.05) is 6.61 Å². The normalized spacial score (nSPS) is 40.8. The highest BCUT2D eigenvalue weighted by atomic mass is 16.6. The molecule has 1 aliphatic heterocycles. The Morgan fingerprint density at radius 2 is 2.05 bits per heavy atom. The van der Waals surface area contributed by atoms with Crippen LogP contribution in [-0.2, 0) is 19.1 Å². The molecule has 4 aliphatic carbocycles. The Hall–Kier alpha value is -3.21. The molecule has 1 saturated heterocycles. The van der Waals surface area contributed by atoms with Crippen LogP contribution in [0.25, 0.3) is 10.4 Å². The maximum atomic E-state index is 13.6. The van der Waals surface area contributed by atoms with E-state index in [4.69, 9.17) is 15.0 Å². The van der Waals surface area contributed by atoms with Crippen LogP contribution in [-0.4, -0.2) is 51.3 Å². The van der Waals surface area contributed by atoms with Crippen molar-refractivity contribution in [2.45, 2.75) is 96.6 Å². The van der Waals surface area contributed by atoms with Crippen molar-refractivity contribution < 1.29 is 24.2 Å². The van der Waals surface area contributed by atoms with Gasteiger partial charge in [0.05, 0.1) is 18.1 Å². The molecule has 0 radical (unpaired) electrons. The molecule has 0 bridgehead atoms. The van der Waals surface area contributed by atoms with Crippen molar-refractivity contribution >= 4 is 11.8 Å². The molecule has 12 heteroatoms. The number of allylic oxidation sites excluding steroid dienone is 1. The summed E-state index contributed by atoms with van der Waals surface area (Å²) < 4.78 is 13.1. The number of carbonyl (C=O) groups is 2. The molecule has 5 aliphatic rings. The predicted octanol–water partition coefficient (Wildman–Crippen LogP) is 3.47. The number of aryl methyl sites for hydroxylation is 1. The van der Waals surface area contributed by atoms with Gasteiger partial charge in [0, 0.05) is 29.5 Å². The summed E-state index contributed by atoms with van der Waals surface area (Å²) in [5.74, 6) is 0.0838. The predicted molar refractivity (Wildman–Crippen MR) is 150 cm³/mol. The molecule has 10 atom stereocenters. The summed E-state index contributed by atoms with van der Waals surface area (Å²) in [6.45, 7) is 5.77. The maximum absolute atomic E-state index is 13.6. The highest BCUT2D eigenvalue weighted by molar-refractivity contribution is 5.91. The molecular weight excluding hydrogens is 542 g/mol. The van der Waals surface area contributed by atoms with Crippen molar-refractivity contribution in [3.8, 4) is 0 Å². The first kappa shape index (κ1) is 28.9. The van der Waals surface area contributed by atoms with Crippen LogP contribution in [0, 0.1) is 41.4 Å². The van der Waals surface area contributed by atoms with Crippen molar-refractivity contribution in [1.29, 1.82) is 0 Å². The zero-order valence-corrected chi connectivity index (χ0v) is 24.3. The number of rotatable bonds is 5. The number of nitrogens with one attached hydrogen (secondary N) is 1.